The normalized spacial score (nSPS) is 10.5. The number of aromatic nitrogens is 2. The number of carbonyl (C=O) groups excluding carboxylic acids is 1. The van der Waals surface area contributed by atoms with Crippen LogP contribution in [-0.2, 0) is 4.74 Å². The Morgan fingerprint density at radius 2 is 1.90 bits per heavy atom. The van der Waals surface area contributed by atoms with Gasteiger partial charge in [0.05, 0.1) is 24.7 Å². The number of rotatable bonds is 9. The lowest BCUT2D eigenvalue weighted by Gasteiger charge is -2.12. The minimum atomic E-state index is -0.709. The second kappa shape index (κ2) is 9.76. The summed E-state index contributed by atoms with van der Waals surface area (Å²) in [5.41, 5.74) is 0.238. The summed E-state index contributed by atoms with van der Waals surface area (Å²) >= 11 is 1.16. The van der Waals surface area contributed by atoms with Crippen LogP contribution in [0.25, 0.3) is 10.6 Å². The van der Waals surface area contributed by atoms with E-state index in [-0.39, 0.29) is 28.8 Å². The van der Waals surface area contributed by atoms with Gasteiger partial charge in [-0.05, 0) is 0 Å². The van der Waals surface area contributed by atoms with E-state index in [2.05, 4.69) is 15.5 Å². The van der Waals surface area contributed by atoms with Crippen molar-refractivity contribution < 1.29 is 23.9 Å². The van der Waals surface area contributed by atoms with Crippen molar-refractivity contribution >= 4 is 28.1 Å². The molecule has 0 radical (unpaired) electrons. The number of carbonyl (C=O) groups is 1. The van der Waals surface area contributed by atoms with Gasteiger partial charge in [0.1, 0.15) is 17.2 Å². The second-order valence-electron chi connectivity index (χ2n) is 5.85. The summed E-state index contributed by atoms with van der Waals surface area (Å²) in [6.45, 7) is 0.461. The fourth-order valence-corrected chi connectivity index (χ4v) is 3.27. The Morgan fingerprint density at radius 1 is 1.13 bits per heavy atom. The van der Waals surface area contributed by atoms with E-state index in [9.17, 15) is 14.9 Å². The highest BCUT2D eigenvalue weighted by Crippen LogP contribution is 2.35. The Balaban J connectivity index is 1.86. The lowest BCUT2D eigenvalue weighted by molar-refractivity contribution is -0.385. The van der Waals surface area contributed by atoms with E-state index in [0.29, 0.717) is 11.6 Å². The molecule has 0 fully saturated rings. The molecule has 1 N–H and O–H groups in total. The average molecular weight is 430 g/mol. The van der Waals surface area contributed by atoms with Crippen LogP contribution in [0.4, 0.5) is 10.8 Å². The smallest absolute Gasteiger partial charge is 0.286 e. The number of nitrogens with zero attached hydrogens (tertiary/aromatic N) is 3. The minimum absolute atomic E-state index is 0.139. The summed E-state index contributed by atoms with van der Waals surface area (Å²) in [4.78, 5) is 23.6. The van der Waals surface area contributed by atoms with Crippen molar-refractivity contribution in [2.75, 3.05) is 32.8 Å². The van der Waals surface area contributed by atoms with Crippen LogP contribution in [0.1, 0.15) is 10.4 Å². The van der Waals surface area contributed by atoms with Crippen LogP contribution in [0.3, 0.4) is 0 Å². The predicted molar refractivity (Wildman–Crippen MR) is 110 cm³/mol. The molecule has 2 aromatic carbocycles. The van der Waals surface area contributed by atoms with E-state index < -0.39 is 16.5 Å². The highest BCUT2D eigenvalue weighted by atomic mass is 32.1. The zero-order chi connectivity index (χ0) is 21.5. The van der Waals surface area contributed by atoms with Crippen molar-refractivity contribution in [1.82, 2.24) is 10.2 Å². The molecule has 0 saturated heterocycles. The van der Waals surface area contributed by atoms with Gasteiger partial charge in [0, 0.05) is 18.7 Å². The highest BCUT2D eigenvalue weighted by Gasteiger charge is 2.25. The van der Waals surface area contributed by atoms with E-state index in [0.717, 1.165) is 23.0 Å². The van der Waals surface area contributed by atoms with Gasteiger partial charge in [-0.3, -0.25) is 20.2 Å². The predicted octanol–water partition coefficient (Wildman–Crippen LogP) is 3.40. The van der Waals surface area contributed by atoms with Gasteiger partial charge in [-0.25, -0.2) is 0 Å². The zero-order valence-electron chi connectivity index (χ0n) is 16.2. The van der Waals surface area contributed by atoms with Crippen molar-refractivity contribution in [1.29, 1.82) is 0 Å². The van der Waals surface area contributed by atoms with Gasteiger partial charge < -0.3 is 14.2 Å². The highest BCUT2D eigenvalue weighted by molar-refractivity contribution is 7.18. The maximum atomic E-state index is 12.7. The monoisotopic (exact) mass is 430 g/mol. The molecule has 156 valence electrons. The molecule has 1 amide bonds. The first kappa shape index (κ1) is 21.1. The number of nitro groups is 1. The first-order valence-corrected chi connectivity index (χ1v) is 9.53. The van der Waals surface area contributed by atoms with Crippen LogP contribution in [0.2, 0.25) is 0 Å². The number of methoxy groups -OCH3 is 2. The molecular formula is C19H18N4O6S. The number of nitrogens with one attached hydrogen (secondary N) is 1. The summed E-state index contributed by atoms with van der Waals surface area (Å²) in [5.74, 6) is -0.386. The summed E-state index contributed by atoms with van der Waals surface area (Å²) < 4.78 is 15.6. The lowest BCUT2D eigenvalue weighted by atomic mass is 10.1. The van der Waals surface area contributed by atoms with Crippen LogP contribution in [0, 0.1) is 10.1 Å². The van der Waals surface area contributed by atoms with E-state index in [1.54, 1.807) is 0 Å². The van der Waals surface area contributed by atoms with Gasteiger partial charge in [0.25, 0.3) is 11.6 Å². The minimum Gasteiger partial charge on any atom is -0.493 e. The van der Waals surface area contributed by atoms with E-state index in [4.69, 9.17) is 14.2 Å². The van der Waals surface area contributed by atoms with Crippen LogP contribution in [0.15, 0.2) is 42.5 Å². The molecule has 0 unspecified atom stereocenters. The summed E-state index contributed by atoms with van der Waals surface area (Å²) in [6.07, 6.45) is 0. The summed E-state index contributed by atoms with van der Waals surface area (Å²) in [6, 6.07) is 11.7. The quantitative estimate of drug-likeness (QED) is 0.311. The number of anilines is 1. The van der Waals surface area contributed by atoms with Crippen molar-refractivity contribution in [2.45, 2.75) is 0 Å². The van der Waals surface area contributed by atoms with E-state index >= 15 is 0 Å². The van der Waals surface area contributed by atoms with Gasteiger partial charge in [0.2, 0.25) is 5.13 Å². The van der Waals surface area contributed by atoms with Gasteiger partial charge in [-0.2, -0.15) is 0 Å². The number of nitro benzene ring substituents is 1. The molecule has 0 aliphatic heterocycles. The summed E-state index contributed by atoms with van der Waals surface area (Å²) in [7, 11) is 2.88. The molecule has 0 bridgehead atoms. The molecule has 1 heterocycles. The Labute approximate surface area is 175 Å². The van der Waals surface area contributed by atoms with Crippen molar-refractivity contribution in [3.8, 4) is 22.1 Å². The van der Waals surface area contributed by atoms with Gasteiger partial charge >= 0.3 is 0 Å². The van der Waals surface area contributed by atoms with Crippen molar-refractivity contribution in [2.24, 2.45) is 0 Å². The Bertz CT molecular complexity index is 1040. The van der Waals surface area contributed by atoms with E-state index in [1.807, 2.05) is 30.3 Å². The maximum Gasteiger partial charge on any atom is 0.286 e. The average Bonchev–Trinajstić information content (AvgIpc) is 3.22. The van der Waals surface area contributed by atoms with Crippen molar-refractivity contribution in [3.63, 3.8) is 0 Å². The van der Waals surface area contributed by atoms with Crippen LogP contribution >= 0.6 is 11.3 Å². The standard InChI is InChI=1S/C19H18N4O6S/c1-27-8-9-29-16-11-14(23(25)26)13(10-15(16)28-2)17(24)20-19-22-21-18(30-19)12-6-4-3-5-7-12/h3-7,10-11H,8-9H2,1-2H3,(H,20,22,24). The third-order valence-electron chi connectivity index (χ3n) is 3.93. The zero-order valence-corrected chi connectivity index (χ0v) is 17.0. The topological polar surface area (TPSA) is 126 Å². The Kier molecular flexibility index (Phi) is 6.88. The van der Waals surface area contributed by atoms with Gasteiger partial charge in [-0.1, -0.05) is 41.7 Å². The number of hydrogen-bond donors (Lipinski definition) is 1. The molecule has 11 heteroatoms. The molecule has 0 aliphatic rings. The fourth-order valence-electron chi connectivity index (χ4n) is 2.52. The molecule has 3 rings (SSSR count). The van der Waals surface area contributed by atoms with Crippen LogP contribution in [-0.4, -0.2) is 48.5 Å². The lowest BCUT2D eigenvalue weighted by Crippen LogP contribution is -2.15. The van der Waals surface area contributed by atoms with Crippen LogP contribution in [0.5, 0.6) is 11.5 Å². The molecule has 0 atom stereocenters. The first-order chi connectivity index (χ1) is 14.5. The van der Waals surface area contributed by atoms with Gasteiger partial charge in [-0.15, -0.1) is 10.2 Å². The molecule has 1 aromatic heterocycles. The maximum absolute atomic E-state index is 12.7. The fraction of sp³-hybridized carbons (Fsp3) is 0.211. The van der Waals surface area contributed by atoms with Crippen LogP contribution < -0.4 is 14.8 Å². The molecule has 3 aromatic rings. The molecule has 0 saturated carbocycles. The third kappa shape index (κ3) is 4.88. The molecular weight excluding hydrogens is 412 g/mol. The Hall–Kier alpha value is -3.57. The summed E-state index contributed by atoms with van der Waals surface area (Å²) in [5, 5.41) is 22.9. The number of hydrogen-bond acceptors (Lipinski definition) is 9. The Morgan fingerprint density at radius 3 is 2.57 bits per heavy atom. The number of amides is 1. The second-order valence-corrected chi connectivity index (χ2v) is 6.83. The molecule has 0 aliphatic carbocycles. The van der Waals surface area contributed by atoms with E-state index in [1.165, 1.54) is 20.3 Å². The largest absolute Gasteiger partial charge is 0.493 e. The van der Waals surface area contributed by atoms with Gasteiger partial charge in [0.15, 0.2) is 11.5 Å². The molecule has 10 nitrogen and oxygen atoms in total. The third-order valence-corrected chi connectivity index (χ3v) is 4.82. The number of ether oxygens (including phenoxy) is 3. The first-order valence-electron chi connectivity index (χ1n) is 8.72. The SMILES string of the molecule is COCCOc1cc([N+](=O)[O-])c(C(=O)Nc2nnc(-c3ccccc3)s2)cc1OC. The number of benzene rings is 2. The molecule has 0 spiro atoms. The van der Waals surface area contributed by atoms with Crippen molar-refractivity contribution in [3.05, 3.63) is 58.1 Å². The molecule has 30 heavy (non-hydrogen) atoms.